The normalized spacial score (nSPS) is 17.4. The van der Waals surface area contributed by atoms with Gasteiger partial charge in [-0.3, -0.25) is 4.79 Å². The molecule has 0 bridgehead atoms. The van der Waals surface area contributed by atoms with Crippen molar-refractivity contribution in [3.05, 3.63) is 34.9 Å². The van der Waals surface area contributed by atoms with Gasteiger partial charge in [0.05, 0.1) is 0 Å². The van der Waals surface area contributed by atoms with Gasteiger partial charge in [-0.2, -0.15) is 0 Å². The molecular weight excluding hydrogens is 347 g/mol. The third-order valence-electron chi connectivity index (χ3n) is 3.88. The second-order valence-corrected chi connectivity index (χ2v) is 8.09. The van der Waals surface area contributed by atoms with E-state index in [4.69, 9.17) is 11.6 Å². The van der Waals surface area contributed by atoms with Crippen molar-refractivity contribution < 1.29 is 13.2 Å². The summed E-state index contributed by atoms with van der Waals surface area (Å²) in [7, 11) is -3.48. The number of carbonyl (C=O) groups excluding carboxylic acids is 1. The van der Waals surface area contributed by atoms with Crippen molar-refractivity contribution in [3.8, 4) is 0 Å². The molecule has 0 unspecified atom stereocenters. The molecule has 5 nitrogen and oxygen atoms in total. The van der Waals surface area contributed by atoms with Gasteiger partial charge in [0, 0.05) is 17.8 Å². The van der Waals surface area contributed by atoms with E-state index in [0.717, 1.165) is 11.8 Å². The first kappa shape index (κ1) is 19.2. The molecule has 1 aliphatic heterocycles. The molecule has 1 amide bonds. The summed E-state index contributed by atoms with van der Waals surface area (Å²) in [6.07, 6.45) is 1.73. The summed E-state index contributed by atoms with van der Waals surface area (Å²) in [5.74, 6) is -0.425. The third-order valence-corrected chi connectivity index (χ3v) is 6.13. The zero-order valence-corrected chi connectivity index (χ0v) is 14.7. The molecule has 1 aromatic carbocycles. The van der Waals surface area contributed by atoms with Crippen molar-refractivity contribution >= 4 is 39.8 Å². The first-order valence-corrected chi connectivity index (χ1v) is 9.05. The number of piperidine rings is 1. The van der Waals surface area contributed by atoms with E-state index in [2.05, 4.69) is 10.6 Å². The van der Waals surface area contributed by atoms with Crippen LogP contribution in [0.5, 0.6) is 0 Å². The van der Waals surface area contributed by atoms with Gasteiger partial charge in [0.15, 0.2) is 14.6 Å². The van der Waals surface area contributed by atoms with Gasteiger partial charge in [-0.25, -0.2) is 8.42 Å². The quantitative estimate of drug-likeness (QED) is 0.847. The predicted molar refractivity (Wildman–Crippen MR) is 90.2 cm³/mol. The molecule has 22 heavy (non-hydrogen) atoms. The summed E-state index contributed by atoms with van der Waals surface area (Å²) in [5.41, 5.74) is 0.841. The van der Waals surface area contributed by atoms with Crippen molar-refractivity contribution in [3.63, 3.8) is 0 Å². The van der Waals surface area contributed by atoms with Gasteiger partial charge in [0.1, 0.15) is 0 Å². The molecule has 0 aromatic heterocycles. The zero-order chi connectivity index (χ0) is 15.5. The largest absolute Gasteiger partial charge is 0.351 e. The lowest BCUT2D eigenvalue weighted by atomic mass is 9.95. The minimum absolute atomic E-state index is 0. The van der Waals surface area contributed by atoms with Crippen LogP contribution in [-0.2, 0) is 21.2 Å². The minimum atomic E-state index is -3.48. The highest BCUT2D eigenvalue weighted by Gasteiger charge is 2.48. The Morgan fingerprint density at radius 2 is 2.00 bits per heavy atom. The Hall–Kier alpha value is -0.820. The van der Waals surface area contributed by atoms with E-state index in [1.807, 2.05) is 6.07 Å². The molecule has 0 aliphatic carbocycles. The summed E-state index contributed by atoms with van der Waals surface area (Å²) in [6.45, 7) is 1.32. The smallest absolute Gasteiger partial charge is 0.241 e. The first-order valence-electron chi connectivity index (χ1n) is 6.78. The lowest BCUT2D eigenvalue weighted by Gasteiger charge is -2.34. The highest BCUT2D eigenvalue weighted by atomic mass is 35.5. The van der Waals surface area contributed by atoms with E-state index >= 15 is 0 Å². The van der Waals surface area contributed by atoms with Crippen LogP contribution in [0.15, 0.2) is 24.3 Å². The second-order valence-electron chi connectivity index (χ2n) is 5.33. The SMILES string of the molecule is CS(=O)(=O)C1(C(=O)NCc2cccc(Cl)c2)CCNCC1.Cl. The highest BCUT2D eigenvalue weighted by molar-refractivity contribution is 7.92. The fourth-order valence-electron chi connectivity index (χ4n) is 2.59. The molecule has 2 rings (SSSR count). The second kappa shape index (κ2) is 7.64. The number of hydrogen-bond donors (Lipinski definition) is 2. The molecule has 124 valence electrons. The van der Waals surface area contributed by atoms with E-state index in [0.29, 0.717) is 31.0 Å². The maximum Gasteiger partial charge on any atom is 0.241 e. The van der Waals surface area contributed by atoms with Crippen LogP contribution in [0.3, 0.4) is 0 Å². The van der Waals surface area contributed by atoms with Crippen LogP contribution in [0.2, 0.25) is 5.02 Å². The van der Waals surface area contributed by atoms with Crippen molar-refractivity contribution in [1.29, 1.82) is 0 Å². The summed E-state index contributed by atoms with van der Waals surface area (Å²) in [4.78, 5) is 12.5. The van der Waals surface area contributed by atoms with Gasteiger partial charge in [0.2, 0.25) is 5.91 Å². The number of amides is 1. The number of hydrogen-bond acceptors (Lipinski definition) is 4. The van der Waals surface area contributed by atoms with Crippen LogP contribution in [0.25, 0.3) is 0 Å². The Morgan fingerprint density at radius 3 is 2.55 bits per heavy atom. The van der Waals surface area contributed by atoms with E-state index in [1.54, 1.807) is 18.2 Å². The third kappa shape index (κ3) is 4.13. The minimum Gasteiger partial charge on any atom is -0.351 e. The molecular formula is C14H20Cl2N2O3S. The fourth-order valence-corrected chi connectivity index (χ4v) is 4.15. The van der Waals surface area contributed by atoms with Gasteiger partial charge in [-0.05, 0) is 43.6 Å². The Labute approximate surface area is 142 Å². The van der Waals surface area contributed by atoms with E-state index < -0.39 is 20.5 Å². The van der Waals surface area contributed by atoms with Crippen LogP contribution < -0.4 is 10.6 Å². The van der Waals surface area contributed by atoms with Gasteiger partial charge >= 0.3 is 0 Å². The lowest BCUT2D eigenvalue weighted by Crippen LogP contribution is -2.57. The molecule has 1 saturated heterocycles. The predicted octanol–water partition coefficient (Wildman–Crippen LogP) is 1.54. The number of halogens is 2. The van der Waals surface area contributed by atoms with Crippen LogP contribution in [0.4, 0.5) is 0 Å². The van der Waals surface area contributed by atoms with Gasteiger partial charge in [-0.15, -0.1) is 12.4 Å². The highest BCUT2D eigenvalue weighted by Crippen LogP contribution is 2.28. The lowest BCUT2D eigenvalue weighted by molar-refractivity contribution is -0.124. The van der Waals surface area contributed by atoms with Crippen LogP contribution in [0.1, 0.15) is 18.4 Å². The Bertz CT molecular complexity index is 629. The number of rotatable bonds is 4. The average Bonchev–Trinajstić information content (AvgIpc) is 2.44. The van der Waals surface area contributed by atoms with Crippen LogP contribution in [-0.4, -0.2) is 38.4 Å². The van der Waals surface area contributed by atoms with Gasteiger partial charge in [0.25, 0.3) is 0 Å². The van der Waals surface area contributed by atoms with Crippen molar-refractivity contribution in [2.24, 2.45) is 0 Å². The molecule has 0 saturated carbocycles. The van der Waals surface area contributed by atoms with Crippen LogP contribution in [0, 0.1) is 0 Å². The molecule has 1 heterocycles. The van der Waals surface area contributed by atoms with Gasteiger partial charge in [-0.1, -0.05) is 23.7 Å². The molecule has 0 atom stereocenters. The van der Waals surface area contributed by atoms with Crippen LogP contribution >= 0.6 is 24.0 Å². The van der Waals surface area contributed by atoms with E-state index in [1.165, 1.54) is 0 Å². The summed E-state index contributed by atoms with van der Waals surface area (Å²) in [5, 5.41) is 6.41. The van der Waals surface area contributed by atoms with E-state index in [9.17, 15) is 13.2 Å². The molecule has 2 N–H and O–H groups in total. The molecule has 0 spiro atoms. The standard InChI is InChI=1S/C14H19ClN2O3S.ClH/c1-21(19,20)14(5-7-16-8-6-14)13(18)17-10-11-3-2-4-12(15)9-11;/h2-4,9,16H,5-8,10H2,1H3,(H,17,18);1H. The number of sulfone groups is 1. The summed E-state index contributed by atoms with van der Waals surface area (Å²) in [6, 6.07) is 7.12. The zero-order valence-electron chi connectivity index (χ0n) is 12.3. The maximum atomic E-state index is 12.5. The van der Waals surface area contributed by atoms with Crippen molar-refractivity contribution in [2.75, 3.05) is 19.3 Å². The maximum absolute atomic E-state index is 12.5. The number of benzene rings is 1. The Morgan fingerprint density at radius 1 is 1.36 bits per heavy atom. The number of carbonyl (C=O) groups is 1. The van der Waals surface area contributed by atoms with Crippen molar-refractivity contribution in [2.45, 2.75) is 24.1 Å². The fraction of sp³-hybridized carbons (Fsp3) is 0.500. The molecule has 8 heteroatoms. The topological polar surface area (TPSA) is 75.3 Å². The number of nitrogens with one attached hydrogen (secondary N) is 2. The molecule has 1 fully saturated rings. The first-order chi connectivity index (χ1) is 9.85. The summed E-state index contributed by atoms with van der Waals surface area (Å²) >= 11 is 5.89. The molecule has 1 aliphatic rings. The van der Waals surface area contributed by atoms with Gasteiger partial charge < -0.3 is 10.6 Å². The van der Waals surface area contributed by atoms with E-state index in [-0.39, 0.29) is 19.0 Å². The molecule has 0 radical (unpaired) electrons. The Balaban J connectivity index is 0.00000242. The average molecular weight is 367 g/mol. The molecule has 1 aromatic rings. The van der Waals surface area contributed by atoms with Crippen molar-refractivity contribution in [1.82, 2.24) is 10.6 Å². The Kier molecular flexibility index (Phi) is 6.67. The monoisotopic (exact) mass is 366 g/mol. The summed E-state index contributed by atoms with van der Waals surface area (Å²) < 4.78 is 22.9.